The second kappa shape index (κ2) is 15.0. The molecule has 0 bridgehead atoms. The highest BCUT2D eigenvalue weighted by atomic mass is 31.3. The molecule has 2 aliphatic heterocycles. The lowest BCUT2D eigenvalue weighted by atomic mass is 9.93. The minimum absolute atomic E-state index is 0.0183. The molecule has 0 aliphatic carbocycles. The fourth-order valence-electron chi connectivity index (χ4n) is 5.99. The van der Waals surface area contributed by atoms with Gasteiger partial charge in [-0.2, -0.15) is 13.6 Å². The van der Waals surface area contributed by atoms with Gasteiger partial charge >= 0.3 is 23.5 Å². The van der Waals surface area contributed by atoms with Gasteiger partial charge in [0.05, 0.1) is 25.4 Å². The molecule has 4 aromatic rings. The normalized spacial score (nSPS) is 28.4. The number of aromatic nitrogens is 8. The number of carbonyl (C=O) groups is 1. The van der Waals surface area contributed by atoms with E-state index in [0.717, 1.165) is 12.7 Å². The van der Waals surface area contributed by atoms with Gasteiger partial charge in [-0.25, -0.2) is 33.6 Å². The Bertz CT molecular complexity index is 2250. The van der Waals surface area contributed by atoms with Gasteiger partial charge in [0.2, 0.25) is 11.9 Å². The summed E-state index contributed by atoms with van der Waals surface area (Å²) in [5.41, 5.74) is 11.1. The summed E-state index contributed by atoms with van der Waals surface area (Å²) in [6.45, 7) is -1.32. The molecular formula is C23H32N11O17P3. The Hall–Kier alpha value is -3.82. The second-order valence-electron chi connectivity index (χ2n) is 11.7. The standard InChI is InChI=1S/C23H32N11O17P3/c1-46-16-8(2-11(35)26-3-9-14(36)15(37)21(48-9)34-7-30-13-19(34)31-23(25)32-20(13)38)10(4-47-53(42,43)51-54(44,45)50-52(39,40)41)49-22(16)33-6-29-12-17(24)27-5-28-18(12)33/h5-10,14-16,21-22,36-37H,2-4H2,1H3,(H,26,35)(H,42,43)(H,44,45)(H2,24,27,28)(H2,39,40,41)(H3,25,31,32,38)/t8-,9-,10-,14-,15-,16-,21-,22-/m1/s1. The summed E-state index contributed by atoms with van der Waals surface area (Å²) in [5.74, 6) is -2.01. The maximum absolute atomic E-state index is 13.4. The van der Waals surface area contributed by atoms with Gasteiger partial charge in [0.25, 0.3) is 5.56 Å². The molecule has 296 valence electrons. The van der Waals surface area contributed by atoms with E-state index in [2.05, 4.69) is 43.8 Å². The van der Waals surface area contributed by atoms with Gasteiger partial charge in [0.1, 0.15) is 36.3 Å². The van der Waals surface area contributed by atoms with Gasteiger partial charge in [-0.15, -0.1) is 0 Å². The minimum Gasteiger partial charge on any atom is -0.387 e. The van der Waals surface area contributed by atoms with Crippen LogP contribution in [0, 0.1) is 5.92 Å². The molecular weight excluding hydrogens is 795 g/mol. The molecule has 0 saturated carbocycles. The number of nitrogens with two attached hydrogens (primary N) is 2. The van der Waals surface area contributed by atoms with Crippen molar-refractivity contribution in [2.75, 3.05) is 31.7 Å². The fraction of sp³-hybridized carbons (Fsp3) is 0.522. The fourth-order valence-corrected chi connectivity index (χ4v) is 9.02. The number of phosphoric acid groups is 3. The van der Waals surface area contributed by atoms with Crippen LogP contribution in [0.25, 0.3) is 22.3 Å². The summed E-state index contributed by atoms with van der Waals surface area (Å²) in [4.78, 5) is 85.3. The van der Waals surface area contributed by atoms with E-state index in [0.29, 0.717) is 0 Å². The highest BCUT2D eigenvalue weighted by Gasteiger charge is 2.50. The molecule has 2 fully saturated rings. The summed E-state index contributed by atoms with van der Waals surface area (Å²) >= 11 is 0. The molecule has 54 heavy (non-hydrogen) atoms. The van der Waals surface area contributed by atoms with Gasteiger partial charge in [0.15, 0.2) is 35.1 Å². The minimum atomic E-state index is -5.85. The Morgan fingerprint density at radius 2 is 1.59 bits per heavy atom. The van der Waals surface area contributed by atoms with Crippen LogP contribution in [-0.4, -0.2) is 126 Å². The number of aromatic amines is 1. The van der Waals surface area contributed by atoms with Gasteiger partial charge in [-0.3, -0.25) is 28.2 Å². The lowest BCUT2D eigenvalue weighted by molar-refractivity contribution is -0.124. The summed E-state index contributed by atoms with van der Waals surface area (Å²) in [6, 6.07) is 0. The zero-order chi connectivity index (χ0) is 39.3. The Labute approximate surface area is 299 Å². The van der Waals surface area contributed by atoms with Crippen molar-refractivity contribution in [1.82, 2.24) is 44.4 Å². The zero-order valence-electron chi connectivity index (χ0n) is 27.3. The number of hydrogen-bond acceptors (Lipinski definition) is 20. The van der Waals surface area contributed by atoms with Crippen molar-refractivity contribution >= 4 is 63.5 Å². The molecule has 1 amide bonds. The maximum atomic E-state index is 13.4. The van der Waals surface area contributed by atoms with Crippen LogP contribution >= 0.6 is 23.5 Å². The van der Waals surface area contributed by atoms with Crippen LogP contribution in [0.3, 0.4) is 0 Å². The average Bonchev–Trinajstić information content (AvgIpc) is 3.82. The van der Waals surface area contributed by atoms with E-state index in [-0.39, 0.29) is 40.6 Å². The van der Waals surface area contributed by atoms with Crippen LogP contribution in [0.15, 0.2) is 23.8 Å². The Morgan fingerprint density at radius 3 is 2.28 bits per heavy atom. The molecule has 10 atom stereocenters. The molecule has 28 nitrogen and oxygen atoms in total. The summed E-state index contributed by atoms with van der Waals surface area (Å²) < 4.78 is 67.9. The summed E-state index contributed by atoms with van der Waals surface area (Å²) in [5, 5.41) is 24.1. The number of amides is 1. The quantitative estimate of drug-likeness (QED) is 0.0571. The van der Waals surface area contributed by atoms with Gasteiger partial charge in [-0.05, 0) is 0 Å². The van der Waals surface area contributed by atoms with Crippen molar-refractivity contribution in [1.29, 1.82) is 0 Å². The third-order valence-electron chi connectivity index (χ3n) is 8.23. The number of rotatable bonds is 14. The highest BCUT2D eigenvalue weighted by Crippen LogP contribution is 2.66. The molecule has 0 aromatic carbocycles. The lowest BCUT2D eigenvalue weighted by Crippen LogP contribution is -2.41. The van der Waals surface area contributed by atoms with E-state index in [1.165, 1.54) is 22.6 Å². The SMILES string of the molecule is CO[C@@H]1[C@H](CC(=O)NC[C@H]2O[C@@H](n3cnc4c(=O)[nH]c(N)nc43)[C@H](O)[C@@H]2O)[C@@H](COP(=O)(O)OP(=O)(O)OP(=O)(O)O)O[C@H]1n1cnc2c(N)ncnc21. The van der Waals surface area contributed by atoms with E-state index in [1.807, 2.05) is 0 Å². The molecule has 6 heterocycles. The number of nitrogens with one attached hydrogen (secondary N) is 2. The average molecular weight is 827 g/mol. The van der Waals surface area contributed by atoms with Crippen LogP contribution in [0.2, 0.25) is 0 Å². The van der Waals surface area contributed by atoms with Crippen LogP contribution < -0.4 is 22.3 Å². The number of imidazole rings is 2. The third-order valence-corrected chi connectivity index (χ3v) is 12.0. The number of ether oxygens (including phenoxy) is 3. The molecule has 2 unspecified atom stereocenters. The molecule has 0 spiro atoms. The number of H-pyrrole nitrogens is 1. The van der Waals surface area contributed by atoms with E-state index in [9.17, 15) is 43.3 Å². The first kappa shape index (κ1) is 39.9. The Balaban J connectivity index is 1.18. The van der Waals surface area contributed by atoms with E-state index in [4.69, 9.17) is 40.0 Å². The summed E-state index contributed by atoms with van der Waals surface area (Å²) in [7, 11) is -15.9. The van der Waals surface area contributed by atoms with Crippen molar-refractivity contribution < 1.29 is 75.6 Å². The predicted octanol–water partition coefficient (Wildman–Crippen LogP) is -2.88. The van der Waals surface area contributed by atoms with E-state index in [1.54, 1.807) is 0 Å². The second-order valence-corrected chi connectivity index (χ2v) is 16.1. The number of anilines is 2. The predicted molar refractivity (Wildman–Crippen MR) is 174 cm³/mol. The number of methoxy groups -OCH3 is 1. The van der Waals surface area contributed by atoms with E-state index >= 15 is 0 Å². The Kier molecular flexibility index (Phi) is 11.1. The number of hydrogen-bond donors (Lipinski definition) is 10. The van der Waals surface area contributed by atoms with Crippen molar-refractivity contribution in [2.24, 2.45) is 5.92 Å². The largest absolute Gasteiger partial charge is 0.490 e. The van der Waals surface area contributed by atoms with Crippen LogP contribution in [0.4, 0.5) is 11.8 Å². The molecule has 12 N–H and O–H groups in total. The highest BCUT2D eigenvalue weighted by molar-refractivity contribution is 7.66. The first-order valence-electron chi connectivity index (χ1n) is 15.2. The monoisotopic (exact) mass is 827 g/mol. The first-order chi connectivity index (χ1) is 25.3. The topological polar surface area (TPSA) is 416 Å². The molecule has 6 rings (SSSR count). The number of nitrogen functional groups attached to an aromatic ring is 2. The number of fused-ring (bicyclic) bond motifs is 2. The molecule has 2 saturated heterocycles. The number of carbonyl (C=O) groups excluding carboxylic acids is 1. The van der Waals surface area contributed by atoms with Crippen molar-refractivity contribution in [3.05, 3.63) is 29.3 Å². The van der Waals surface area contributed by atoms with Crippen LogP contribution in [-0.2, 0) is 45.8 Å². The first-order valence-corrected chi connectivity index (χ1v) is 19.7. The molecule has 31 heteroatoms. The number of phosphoric ester groups is 1. The smallest absolute Gasteiger partial charge is 0.387 e. The van der Waals surface area contributed by atoms with Gasteiger partial charge in [0, 0.05) is 26.0 Å². The third kappa shape index (κ3) is 8.37. The zero-order valence-corrected chi connectivity index (χ0v) is 30.0. The van der Waals surface area contributed by atoms with Crippen LogP contribution in [0.5, 0.6) is 0 Å². The summed E-state index contributed by atoms with van der Waals surface area (Å²) in [6.07, 6.45) is -6.14. The number of aliphatic hydroxyl groups is 2. The van der Waals surface area contributed by atoms with Crippen LogP contribution in [0.1, 0.15) is 18.9 Å². The molecule has 4 aromatic heterocycles. The van der Waals surface area contributed by atoms with Gasteiger partial charge < -0.3 is 60.8 Å². The number of aliphatic hydroxyl groups excluding tert-OH is 2. The lowest BCUT2D eigenvalue weighted by Gasteiger charge is -2.24. The maximum Gasteiger partial charge on any atom is 0.490 e. The Morgan fingerprint density at radius 1 is 0.926 bits per heavy atom. The number of nitrogens with zero attached hydrogens (tertiary/aromatic N) is 7. The van der Waals surface area contributed by atoms with Gasteiger partial charge in [-0.1, -0.05) is 0 Å². The van der Waals surface area contributed by atoms with Crippen molar-refractivity contribution in [3.8, 4) is 0 Å². The molecule has 0 radical (unpaired) electrons. The van der Waals surface area contributed by atoms with E-state index < -0.39 is 96.9 Å². The van der Waals surface area contributed by atoms with Crippen molar-refractivity contribution in [3.63, 3.8) is 0 Å². The van der Waals surface area contributed by atoms with Crippen molar-refractivity contribution in [2.45, 2.75) is 49.4 Å². The molecule has 2 aliphatic rings.